The minimum atomic E-state index is -0.0766. The number of hydrogen-bond donors (Lipinski definition) is 1. The first-order valence-electron chi connectivity index (χ1n) is 6.29. The summed E-state index contributed by atoms with van der Waals surface area (Å²) in [6, 6.07) is 6.89. The number of carbonyl (C=O) groups is 2. The zero-order chi connectivity index (χ0) is 14.7. The normalized spacial score (nSPS) is 10.3. The number of aryl methyl sites for hydroxylation is 2. The molecule has 0 aliphatic rings. The zero-order valence-electron chi connectivity index (χ0n) is 11.7. The Labute approximate surface area is 121 Å². The lowest BCUT2D eigenvalue weighted by molar-refractivity contribution is -0.115. The summed E-state index contributed by atoms with van der Waals surface area (Å²) in [7, 11) is 0. The van der Waals surface area contributed by atoms with Crippen LogP contribution in [0.5, 0.6) is 0 Å². The first-order chi connectivity index (χ1) is 9.45. The van der Waals surface area contributed by atoms with Crippen molar-refractivity contribution >= 4 is 28.7 Å². The molecule has 0 saturated carbocycles. The van der Waals surface area contributed by atoms with Gasteiger partial charge >= 0.3 is 0 Å². The van der Waals surface area contributed by atoms with E-state index < -0.39 is 0 Å². The zero-order valence-corrected chi connectivity index (χ0v) is 12.5. The van der Waals surface area contributed by atoms with Crippen LogP contribution in [0.1, 0.15) is 32.9 Å². The molecule has 1 aromatic heterocycles. The van der Waals surface area contributed by atoms with Crippen LogP contribution in [0.3, 0.4) is 0 Å². The van der Waals surface area contributed by atoms with E-state index in [0.29, 0.717) is 17.7 Å². The largest absolute Gasteiger partial charge is 0.326 e. The van der Waals surface area contributed by atoms with Crippen LogP contribution in [0.2, 0.25) is 0 Å². The van der Waals surface area contributed by atoms with Gasteiger partial charge in [0.05, 0.1) is 17.1 Å². The molecule has 5 heteroatoms. The van der Waals surface area contributed by atoms with E-state index in [1.165, 1.54) is 6.92 Å². The molecule has 1 heterocycles. The number of amides is 1. The molecular weight excluding hydrogens is 272 g/mol. The van der Waals surface area contributed by atoms with Gasteiger partial charge in [-0.25, -0.2) is 4.98 Å². The average Bonchev–Trinajstić information content (AvgIpc) is 2.68. The van der Waals surface area contributed by atoms with Crippen molar-refractivity contribution in [3.8, 4) is 0 Å². The summed E-state index contributed by atoms with van der Waals surface area (Å²) in [5, 5.41) is 3.79. The number of hydrogen-bond acceptors (Lipinski definition) is 4. The first-order valence-corrected chi connectivity index (χ1v) is 7.11. The number of Topliss-reactive ketones (excluding diaryl/α,β-unsaturated/α-hetero) is 1. The van der Waals surface area contributed by atoms with Crippen LogP contribution < -0.4 is 5.32 Å². The number of aromatic nitrogens is 1. The molecule has 0 aliphatic carbocycles. The van der Waals surface area contributed by atoms with Crippen molar-refractivity contribution in [3.05, 3.63) is 45.4 Å². The number of benzene rings is 1. The molecule has 104 valence electrons. The fourth-order valence-electron chi connectivity index (χ4n) is 1.88. The van der Waals surface area contributed by atoms with Gasteiger partial charge in [0, 0.05) is 16.1 Å². The third kappa shape index (κ3) is 3.51. The second-order valence-electron chi connectivity index (χ2n) is 4.60. The molecule has 2 aromatic rings. The topological polar surface area (TPSA) is 59.1 Å². The van der Waals surface area contributed by atoms with Gasteiger partial charge < -0.3 is 5.32 Å². The van der Waals surface area contributed by atoms with Crippen LogP contribution in [0.4, 0.5) is 5.69 Å². The SMILES string of the molecule is CC(=O)c1ccc(NC(=O)Cc2sc(C)nc2C)cc1. The summed E-state index contributed by atoms with van der Waals surface area (Å²) in [6.45, 7) is 5.36. The van der Waals surface area contributed by atoms with Gasteiger partial charge in [-0.3, -0.25) is 9.59 Å². The van der Waals surface area contributed by atoms with Crippen LogP contribution >= 0.6 is 11.3 Å². The summed E-state index contributed by atoms with van der Waals surface area (Å²) in [4.78, 5) is 28.4. The summed E-state index contributed by atoms with van der Waals surface area (Å²) in [5.41, 5.74) is 2.24. The van der Waals surface area contributed by atoms with Crippen LogP contribution in [0, 0.1) is 13.8 Å². The molecule has 0 fully saturated rings. The molecular formula is C15H16N2O2S. The molecule has 0 unspecified atom stereocenters. The minimum Gasteiger partial charge on any atom is -0.326 e. The van der Waals surface area contributed by atoms with E-state index >= 15 is 0 Å². The highest BCUT2D eigenvalue weighted by Gasteiger charge is 2.10. The van der Waals surface area contributed by atoms with E-state index in [1.807, 2.05) is 13.8 Å². The molecule has 4 nitrogen and oxygen atoms in total. The molecule has 0 saturated heterocycles. The van der Waals surface area contributed by atoms with Crippen molar-refractivity contribution in [2.75, 3.05) is 5.32 Å². The molecule has 20 heavy (non-hydrogen) atoms. The molecule has 0 radical (unpaired) electrons. The number of anilines is 1. The summed E-state index contributed by atoms with van der Waals surface area (Å²) in [5.74, 6) is -0.0639. The van der Waals surface area contributed by atoms with Crippen LogP contribution in [-0.4, -0.2) is 16.7 Å². The predicted molar refractivity (Wildman–Crippen MR) is 80.4 cm³/mol. The van der Waals surface area contributed by atoms with Gasteiger partial charge in [-0.1, -0.05) is 0 Å². The molecule has 2 rings (SSSR count). The van der Waals surface area contributed by atoms with Gasteiger partial charge in [-0.15, -0.1) is 11.3 Å². The monoisotopic (exact) mass is 288 g/mol. The van der Waals surface area contributed by atoms with Gasteiger partial charge in [0.2, 0.25) is 5.91 Å². The number of nitrogens with one attached hydrogen (secondary N) is 1. The number of rotatable bonds is 4. The van der Waals surface area contributed by atoms with Gasteiger partial charge in [-0.05, 0) is 45.0 Å². The highest BCUT2D eigenvalue weighted by molar-refractivity contribution is 7.11. The molecule has 0 atom stereocenters. The average molecular weight is 288 g/mol. The Morgan fingerprint density at radius 1 is 1.20 bits per heavy atom. The quantitative estimate of drug-likeness (QED) is 0.879. The van der Waals surface area contributed by atoms with Crippen LogP contribution in [0.15, 0.2) is 24.3 Å². The molecule has 0 bridgehead atoms. The van der Waals surface area contributed by atoms with Crippen molar-refractivity contribution in [3.63, 3.8) is 0 Å². The van der Waals surface area contributed by atoms with Crippen molar-refractivity contribution in [1.29, 1.82) is 0 Å². The minimum absolute atomic E-state index is 0.0126. The number of carbonyl (C=O) groups excluding carboxylic acids is 2. The Morgan fingerprint density at radius 2 is 1.85 bits per heavy atom. The fourth-order valence-corrected chi connectivity index (χ4v) is 2.81. The summed E-state index contributed by atoms with van der Waals surface area (Å²) < 4.78 is 0. The van der Waals surface area contributed by atoms with Gasteiger partial charge in [0.1, 0.15) is 0 Å². The number of thiazole rings is 1. The maximum Gasteiger partial charge on any atom is 0.229 e. The van der Waals surface area contributed by atoms with E-state index in [1.54, 1.807) is 35.6 Å². The molecule has 0 spiro atoms. The standard InChI is InChI=1S/C15H16N2O2S/c1-9-14(20-11(3)16-9)8-15(19)17-13-6-4-12(5-7-13)10(2)18/h4-7H,8H2,1-3H3,(H,17,19). The molecule has 0 aliphatic heterocycles. The smallest absolute Gasteiger partial charge is 0.229 e. The lowest BCUT2D eigenvalue weighted by Crippen LogP contribution is -2.14. The Balaban J connectivity index is 2.01. The van der Waals surface area contributed by atoms with Gasteiger partial charge in [0.15, 0.2) is 5.78 Å². The van der Waals surface area contributed by atoms with Crippen LogP contribution in [-0.2, 0) is 11.2 Å². The van der Waals surface area contributed by atoms with Gasteiger partial charge in [-0.2, -0.15) is 0 Å². The van der Waals surface area contributed by atoms with Crippen molar-refractivity contribution in [2.45, 2.75) is 27.2 Å². The lowest BCUT2D eigenvalue weighted by Gasteiger charge is -2.05. The van der Waals surface area contributed by atoms with Crippen molar-refractivity contribution < 1.29 is 9.59 Å². The van der Waals surface area contributed by atoms with E-state index in [-0.39, 0.29) is 11.7 Å². The lowest BCUT2D eigenvalue weighted by atomic mass is 10.1. The number of nitrogens with zero attached hydrogens (tertiary/aromatic N) is 1. The maximum absolute atomic E-state index is 12.0. The van der Waals surface area contributed by atoms with E-state index in [2.05, 4.69) is 10.3 Å². The predicted octanol–water partition coefficient (Wildman–Crippen LogP) is 3.14. The first kappa shape index (κ1) is 14.4. The summed E-state index contributed by atoms with van der Waals surface area (Å²) in [6.07, 6.45) is 0.325. The van der Waals surface area contributed by atoms with E-state index in [4.69, 9.17) is 0 Å². The third-order valence-corrected chi connectivity index (χ3v) is 3.97. The molecule has 1 N–H and O–H groups in total. The highest BCUT2D eigenvalue weighted by Crippen LogP contribution is 2.18. The highest BCUT2D eigenvalue weighted by atomic mass is 32.1. The van der Waals surface area contributed by atoms with Gasteiger partial charge in [0.25, 0.3) is 0 Å². The third-order valence-electron chi connectivity index (χ3n) is 2.90. The Hall–Kier alpha value is -2.01. The summed E-state index contributed by atoms with van der Waals surface area (Å²) >= 11 is 1.54. The maximum atomic E-state index is 12.0. The van der Waals surface area contributed by atoms with Crippen LogP contribution in [0.25, 0.3) is 0 Å². The second kappa shape index (κ2) is 5.96. The Bertz CT molecular complexity index is 644. The fraction of sp³-hybridized carbons (Fsp3) is 0.267. The Morgan fingerprint density at radius 3 is 2.35 bits per heavy atom. The molecule has 1 amide bonds. The van der Waals surface area contributed by atoms with E-state index in [0.717, 1.165) is 15.6 Å². The Kier molecular flexibility index (Phi) is 4.29. The molecule has 1 aromatic carbocycles. The number of ketones is 1. The second-order valence-corrected chi connectivity index (χ2v) is 5.89. The van der Waals surface area contributed by atoms with E-state index in [9.17, 15) is 9.59 Å². The van der Waals surface area contributed by atoms with Crippen molar-refractivity contribution in [1.82, 2.24) is 4.98 Å². The van der Waals surface area contributed by atoms with Crippen molar-refractivity contribution in [2.24, 2.45) is 0 Å².